The van der Waals surface area contributed by atoms with E-state index in [1.54, 1.807) is 13.1 Å². The summed E-state index contributed by atoms with van der Waals surface area (Å²) in [5.74, 6) is -2.94. The van der Waals surface area contributed by atoms with Crippen molar-refractivity contribution in [3.8, 4) is 6.07 Å². The van der Waals surface area contributed by atoms with Gasteiger partial charge in [-0.3, -0.25) is 9.89 Å². The number of nitrogens with zero attached hydrogens (tertiary/aromatic N) is 5. The molecule has 1 unspecified atom stereocenters. The van der Waals surface area contributed by atoms with Crippen LogP contribution in [0.15, 0.2) is 41.8 Å². The summed E-state index contributed by atoms with van der Waals surface area (Å²) in [5.41, 5.74) is 12.5. The van der Waals surface area contributed by atoms with Crippen molar-refractivity contribution in [3.05, 3.63) is 70.9 Å². The van der Waals surface area contributed by atoms with Crippen LogP contribution in [0.5, 0.6) is 0 Å². The Bertz CT molecular complexity index is 1360. The van der Waals surface area contributed by atoms with Gasteiger partial charge in [0.15, 0.2) is 11.6 Å². The van der Waals surface area contributed by atoms with Crippen molar-refractivity contribution >= 4 is 22.3 Å². The second-order valence-corrected chi connectivity index (χ2v) is 8.65. The average molecular weight is 482 g/mol. The van der Waals surface area contributed by atoms with Crippen LogP contribution in [0.25, 0.3) is 16.6 Å². The molecule has 1 aromatic heterocycles. The molecule has 2 aromatic carbocycles. The summed E-state index contributed by atoms with van der Waals surface area (Å²) in [6.45, 7) is 3.29. The molecule has 7 nitrogen and oxygen atoms in total. The number of benzene rings is 2. The van der Waals surface area contributed by atoms with Crippen molar-refractivity contribution in [3.63, 3.8) is 0 Å². The number of aromatic nitrogens is 2. The molecular formula is C25H26F3N7. The lowest BCUT2D eigenvalue weighted by Gasteiger charge is -2.33. The van der Waals surface area contributed by atoms with Gasteiger partial charge in [-0.05, 0) is 38.0 Å². The maximum absolute atomic E-state index is 15.3. The van der Waals surface area contributed by atoms with Crippen LogP contribution in [0, 0.1) is 28.8 Å². The summed E-state index contributed by atoms with van der Waals surface area (Å²) in [4.78, 5) is 11.0. The minimum Gasteiger partial charge on any atom is -0.404 e. The molecule has 0 bridgehead atoms. The number of hydrogen-bond acceptors (Lipinski definition) is 6. The Balaban J connectivity index is 1.87. The molecule has 0 radical (unpaired) electrons. The largest absolute Gasteiger partial charge is 0.404 e. The first kappa shape index (κ1) is 24.4. The SMILES string of the molecule is CC(/N=C(\C(=C/N)c1cc2ncn(C)c2c(F)c1F)c1ccc(C#N)c(F)c1)N1CCC(N)CC1. The molecular weight excluding hydrogens is 455 g/mol. The summed E-state index contributed by atoms with van der Waals surface area (Å²) in [7, 11) is 1.57. The highest BCUT2D eigenvalue weighted by atomic mass is 19.2. The van der Waals surface area contributed by atoms with Gasteiger partial charge in [-0.2, -0.15) is 5.26 Å². The van der Waals surface area contributed by atoms with Gasteiger partial charge < -0.3 is 16.0 Å². The number of rotatable bonds is 5. The molecule has 182 valence electrons. The van der Waals surface area contributed by atoms with Gasteiger partial charge in [-0.25, -0.2) is 18.2 Å². The fourth-order valence-corrected chi connectivity index (χ4v) is 4.35. The number of hydrogen-bond donors (Lipinski definition) is 2. The van der Waals surface area contributed by atoms with Gasteiger partial charge in [0.25, 0.3) is 0 Å². The first-order chi connectivity index (χ1) is 16.7. The summed E-state index contributed by atoms with van der Waals surface area (Å²) >= 11 is 0. The predicted octanol–water partition coefficient (Wildman–Crippen LogP) is 3.42. The summed E-state index contributed by atoms with van der Waals surface area (Å²) < 4.78 is 46.3. The van der Waals surface area contributed by atoms with Gasteiger partial charge in [0, 0.05) is 49.1 Å². The Morgan fingerprint density at radius 1 is 1.23 bits per heavy atom. The number of fused-ring (bicyclic) bond motifs is 1. The number of aryl methyl sites for hydroxylation is 1. The third kappa shape index (κ3) is 4.65. The van der Waals surface area contributed by atoms with Crippen LogP contribution >= 0.6 is 0 Å². The minimum atomic E-state index is -1.11. The van der Waals surface area contributed by atoms with E-state index in [1.807, 2.05) is 6.92 Å². The van der Waals surface area contributed by atoms with E-state index in [4.69, 9.17) is 21.7 Å². The molecule has 0 spiro atoms. The highest BCUT2D eigenvalue weighted by molar-refractivity contribution is 6.32. The number of piperidine rings is 1. The molecule has 35 heavy (non-hydrogen) atoms. The summed E-state index contributed by atoms with van der Waals surface area (Å²) in [6.07, 6.45) is 3.74. The van der Waals surface area contributed by atoms with Crippen molar-refractivity contribution in [1.29, 1.82) is 5.26 Å². The maximum Gasteiger partial charge on any atom is 0.185 e. The summed E-state index contributed by atoms with van der Waals surface area (Å²) in [6, 6.07) is 7.27. The Morgan fingerprint density at radius 3 is 2.57 bits per heavy atom. The van der Waals surface area contributed by atoms with Crippen LogP contribution in [0.3, 0.4) is 0 Å². The Hall–Kier alpha value is -3.68. The molecule has 2 heterocycles. The van der Waals surface area contributed by atoms with Gasteiger partial charge in [-0.15, -0.1) is 0 Å². The van der Waals surface area contributed by atoms with Gasteiger partial charge in [0.2, 0.25) is 0 Å². The molecule has 1 fully saturated rings. The van der Waals surface area contributed by atoms with Gasteiger partial charge >= 0.3 is 0 Å². The fourth-order valence-electron chi connectivity index (χ4n) is 4.35. The average Bonchev–Trinajstić information content (AvgIpc) is 3.22. The maximum atomic E-state index is 15.3. The summed E-state index contributed by atoms with van der Waals surface area (Å²) in [5, 5.41) is 9.12. The number of likely N-dealkylation sites (tertiary alicyclic amines) is 1. The van der Waals surface area contributed by atoms with Crippen molar-refractivity contribution in [2.75, 3.05) is 13.1 Å². The molecule has 1 aliphatic heterocycles. The second kappa shape index (κ2) is 9.90. The van der Waals surface area contributed by atoms with Crippen LogP contribution in [-0.4, -0.2) is 45.5 Å². The molecule has 1 atom stereocenters. The zero-order valence-corrected chi connectivity index (χ0v) is 19.5. The van der Waals surface area contributed by atoms with Gasteiger partial charge in [0.1, 0.15) is 17.4 Å². The Kier molecular flexibility index (Phi) is 6.91. The third-order valence-electron chi connectivity index (χ3n) is 6.38. The van der Waals surface area contributed by atoms with E-state index in [0.29, 0.717) is 13.1 Å². The third-order valence-corrected chi connectivity index (χ3v) is 6.38. The van der Waals surface area contributed by atoms with E-state index in [0.717, 1.165) is 25.1 Å². The van der Waals surface area contributed by atoms with E-state index in [-0.39, 0.29) is 51.2 Å². The van der Waals surface area contributed by atoms with Crippen LogP contribution in [0.2, 0.25) is 0 Å². The fraction of sp³-hybridized carbons (Fsp3) is 0.320. The molecule has 3 aromatic rings. The highest BCUT2D eigenvalue weighted by Gasteiger charge is 2.25. The molecule has 10 heteroatoms. The van der Waals surface area contributed by atoms with E-state index < -0.39 is 17.5 Å². The molecule has 0 aliphatic carbocycles. The van der Waals surface area contributed by atoms with Gasteiger partial charge in [0.05, 0.1) is 29.3 Å². The lowest BCUT2D eigenvalue weighted by Crippen LogP contribution is -2.43. The normalized spacial score (nSPS) is 17.1. The number of aliphatic imine (C=N–C) groups is 1. The minimum absolute atomic E-state index is 0.0172. The first-order valence-electron chi connectivity index (χ1n) is 11.2. The number of nitrogens with two attached hydrogens (primary N) is 2. The topological polar surface area (TPSA) is 109 Å². The first-order valence-corrected chi connectivity index (χ1v) is 11.2. The number of nitriles is 1. The van der Waals surface area contributed by atoms with Crippen LogP contribution in [-0.2, 0) is 7.05 Å². The van der Waals surface area contributed by atoms with Crippen molar-refractivity contribution in [1.82, 2.24) is 14.5 Å². The molecule has 0 amide bonds. The molecule has 4 N–H and O–H groups in total. The number of allylic oxidation sites excluding steroid dienone is 1. The van der Waals surface area contributed by atoms with Crippen molar-refractivity contribution < 1.29 is 13.2 Å². The second-order valence-electron chi connectivity index (χ2n) is 8.65. The van der Waals surface area contributed by atoms with E-state index in [2.05, 4.69) is 9.88 Å². The standard InChI is InChI=1S/C25H26F3N7/c1-14(35-7-5-17(31)6-8-35)33-24(15-3-4-16(11-29)20(26)9-15)19(12-30)18-10-21-25(23(28)22(18)27)34(2)13-32-21/h3-4,9-10,12-14,17H,5-8,30-31H2,1-2H3/b19-12-,33-24-. The lowest BCUT2D eigenvalue weighted by molar-refractivity contribution is 0.167. The quantitative estimate of drug-likeness (QED) is 0.543. The molecule has 0 saturated carbocycles. The van der Waals surface area contributed by atoms with Gasteiger partial charge in [-0.1, -0.05) is 6.07 Å². The zero-order chi connectivity index (χ0) is 25.3. The Labute approximate surface area is 201 Å². The van der Waals surface area contributed by atoms with E-state index >= 15 is 8.78 Å². The highest BCUT2D eigenvalue weighted by Crippen LogP contribution is 2.30. The van der Waals surface area contributed by atoms with Crippen LogP contribution < -0.4 is 11.5 Å². The number of imidazole rings is 1. The smallest absolute Gasteiger partial charge is 0.185 e. The van der Waals surface area contributed by atoms with Crippen LogP contribution in [0.1, 0.15) is 36.5 Å². The van der Waals surface area contributed by atoms with E-state index in [1.165, 1.54) is 29.1 Å². The monoisotopic (exact) mass is 481 g/mol. The van der Waals surface area contributed by atoms with Crippen molar-refractivity contribution in [2.45, 2.75) is 32.0 Å². The zero-order valence-electron chi connectivity index (χ0n) is 19.5. The molecule has 1 saturated heterocycles. The predicted molar refractivity (Wildman–Crippen MR) is 129 cm³/mol. The lowest BCUT2D eigenvalue weighted by atomic mass is 9.94. The Morgan fingerprint density at radius 2 is 1.94 bits per heavy atom. The molecule has 4 rings (SSSR count). The van der Waals surface area contributed by atoms with Crippen LogP contribution in [0.4, 0.5) is 13.2 Å². The van der Waals surface area contributed by atoms with Crippen molar-refractivity contribution in [2.24, 2.45) is 23.5 Å². The molecule has 1 aliphatic rings. The number of halogens is 3. The van der Waals surface area contributed by atoms with E-state index in [9.17, 15) is 4.39 Å².